The minimum atomic E-state index is -0.0707. The SMILES string of the molecule is CC(C)Oc1ncccc1CNC(=O)C1CCCCCN1. The molecule has 0 spiro atoms. The van der Waals surface area contributed by atoms with E-state index in [0.29, 0.717) is 12.4 Å². The number of carbonyl (C=O) groups is 1. The summed E-state index contributed by atoms with van der Waals surface area (Å²) in [6.45, 7) is 5.30. The van der Waals surface area contributed by atoms with Crippen LogP contribution in [0.1, 0.15) is 45.1 Å². The number of amides is 1. The molecular weight excluding hydrogens is 266 g/mol. The average molecular weight is 291 g/mol. The number of carbonyl (C=O) groups excluding carboxylic acids is 1. The van der Waals surface area contributed by atoms with Crippen LogP contribution in [0.15, 0.2) is 18.3 Å². The molecule has 21 heavy (non-hydrogen) atoms. The molecule has 5 heteroatoms. The van der Waals surface area contributed by atoms with E-state index in [1.165, 1.54) is 6.42 Å². The van der Waals surface area contributed by atoms with Crippen molar-refractivity contribution in [3.8, 4) is 5.88 Å². The Morgan fingerprint density at radius 1 is 1.48 bits per heavy atom. The summed E-state index contributed by atoms with van der Waals surface area (Å²) in [5, 5.41) is 6.29. The quantitative estimate of drug-likeness (QED) is 0.871. The van der Waals surface area contributed by atoms with Crippen LogP contribution in [-0.2, 0) is 11.3 Å². The number of hydrogen-bond acceptors (Lipinski definition) is 4. The van der Waals surface area contributed by atoms with Crippen molar-refractivity contribution in [2.45, 2.75) is 58.2 Å². The first-order chi connectivity index (χ1) is 10.2. The van der Waals surface area contributed by atoms with Crippen molar-refractivity contribution in [3.63, 3.8) is 0 Å². The summed E-state index contributed by atoms with van der Waals surface area (Å²) < 4.78 is 5.67. The van der Waals surface area contributed by atoms with Crippen LogP contribution in [0, 0.1) is 0 Å². The highest BCUT2D eigenvalue weighted by atomic mass is 16.5. The lowest BCUT2D eigenvalue weighted by atomic mass is 10.1. The predicted octanol–water partition coefficient (Wildman–Crippen LogP) is 2.02. The average Bonchev–Trinajstić information content (AvgIpc) is 2.74. The lowest BCUT2D eigenvalue weighted by Gasteiger charge is -2.17. The lowest BCUT2D eigenvalue weighted by Crippen LogP contribution is -2.43. The fourth-order valence-electron chi connectivity index (χ4n) is 2.45. The van der Waals surface area contributed by atoms with Gasteiger partial charge in [0.1, 0.15) is 0 Å². The molecule has 1 aliphatic heterocycles. The van der Waals surface area contributed by atoms with Gasteiger partial charge in [-0.3, -0.25) is 4.79 Å². The van der Waals surface area contributed by atoms with Gasteiger partial charge in [-0.2, -0.15) is 0 Å². The summed E-state index contributed by atoms with van der Waals surface area (Å²) in [4.78, 5) is 16.5. The number of aromatic nitrogens is 1. The zero-order valence-corrected chi connectivity index (χ0v) is 12.9. The molecule has 0 aliphatic carbocycles. The van der Waals surface area contributed by atoms with Crippen molar-refractivity contribution in [1.82, 2.24) is 15.6 Å². The first-order valence-electron chi connectivity index (χ1n) is 7.78. The largest absolute Gasteiger partial charge is 0.475 e. The fourth-order valence-corrected chi connectivity index (χ4v) is 2.45. The second kappa shape index (κ2) is 7.98. The normalized spacial score (nSPS) is 19.1. The zero-order valence-electron chi connectivity index (χ0n) is 12.9. The molecule has 0 bridgehead atoms. The highest BCUT2D eigenvalue weighted by Crippen LogP contribution is 2.16. The number of rotatable bonds is 5. The van der Waals surface area contributed by atoms with Gasteiger partial charge in [-0.25, -0.2) is 4.98 Å². The van der Waals surface area contributed by atoms with E-state index in [4.69, 9.17) is 4.74 Å². The van der Waals surface area contributed by atoms with E-state index >= 15 is 0 Å². The molecule has 1 aliphatic rings. The molecule has 2 rings (SSSR count). The summed E-state index contributed by atoms with van der Waals surface area (Å²) in [6, 6.07) is 3.73. The Morgan fingerprint density at radius 2 is 2.33 bits per heavy atom. The Bertz CT molecular complexity index is 455. The molecule has 0 aromatic carbocycles. The Kier molecular flexibility index (Phi) is 5.99. The van der Waals surface area contributed by atoms with Crippen molar-refractivity contribution in [2.75, 3.05) is 6.54 Å². The first-order valence-corrected chi connectivity index (χ1v) is 7.78. The van der Waals surface area contributed by atoms with Gasteiger partial charge in [0.2, 0.25) is 11.8 Å². The predicted molar refractivity (Wildman–Crippen MR) is 82.1 cm³/mol. The molecule has 1 unspecified atom stereocenters. The molecule has 5 nitrogen and oxygen atoms in total. The fraction of sp³-hybridized carbons (Fsp3) is 0.625. The smallest absolute Gasteiger partial charge is 0.237 e. The first kappa shape index (κ1) is 15.8. The third-order valence-electron chi connectivity index (χ3n) is 3.53. The maximum Gasteiger partial charge on any atom is 0.237 e. The van der Waals surface area contributed by atoms with Crippen LogP contribution in [0.25, 0.3) is 0 Å². The van der Waals surface area contributed by atoms with Crippen molar-refractivity contribution in [2.24, 2.45) is 0 Å². The molecule has 1 fully saturated rings. The van der Waals surface area contributed by atoms with Gasteiger partial charge in [-0.05, 0) is 39.3 Å². The Balaban J connectivity index is 1.91. The monoisotopic (exact) mass is 291 g/mol. The Morgan fingerprint density at radius 3 is 3.14 bits per heavy atom. The van der Waals surface area contributed by atoms with Crippen molar-refractivity contribution < 1.29 is 9.53 Å². The van der Waals surface area contributed by atoms with Crippen LogP contribution >= 0.6 is 0 Å². The molecule has 1 aromatic heterocycles. The van der Waals surface area contributed by atoms with Gasteiger partial charge in [-0.15, -0.1) is 0 Å². The van der Waals surface area contributed by atoms with Crippen LogP contribution in [-0.4, -0.2) is 29.6 Å². The van der Waals surface area contributed by atoms with E-state index in [9.17, 15) is 4.79 Å². The van der Waals surface area contributed by atoms with Gasteiger partial charge in [-0.1, -0.05) is 18.9 Å². The second-order valence-corrected chi connectivity index (χ2v) is 5.71. The van der Waals surface area contributed by atoms with Gasteiger partial charge in [0.15, 0.2) is 0 Å². The van der Waals surface area contributed by atoms with Gasteiger partial charge in [0, 0.05) is 18.3 Å². The van der Waals surface area contributed by atoms with E-state index in [1.54, 1.807) is 6.20 Å². The highest BCUT2D eigenvalue weighted by Gasteiger charge is 2.19. The van der Waals surface area contributed by atoms with Gasteiger partial charge < -0.3 is 15.4 Å². The van der Waals surface area contributed by atoms with Crippen molar-refractivity contribution in [1.29, 1.82) is 0 Å². The van der Waals surface area contributed by atoms with Crippen LogP contribution in [0.3, 0.4) is 0 Å². The number of nitrogens with one attached hydrogen (secondary N) is 2. The third kappa shape index (κ3) is 5.01. The molecule has 1 aromatic rings. The van der Waals surface area contributed by atoms with E-state index < -0.39 is 0 Å². The molecule has 1 atom stereocenters. The Hall–Kier alpha value is -1.62. The van der Waals surface area contributed by atoms with E-state index in [0.717, 1.165) is 31.4 Å². The molecule has 1 saturated heterocycles. The van der Waals surface area contributed by atoms with Crippen LogP contribution < -0.4 is 15.4 Å². The van der Waals surface area contributed by atoms with E-state index in [-0.39, 0.29) is 18.1 Å². The van der Waals surface area contributed by atoms with E-state index in [2.05, 4.69) is 15.6 Å². The number of ether oxygens (including phenoxy) is 1. The molecule has 2 heterocycles. The van der Waals surface area contributed by atoms with Gasteiger partial charge >= 0.3 is 0 Å². The molecule has 2 N–H and O–H groups in total. The van der Waals surface area contributed by atoms with Crippen molar-refractivity contribution >= 4 is 5.91 Å². The minimum Gasteiger partial charge on any atom is -0.475 e. The highest BCUT2D eigenvalue weighted by molar-refractivity contribution is 5.81. The number of pyridine rings is 1. The minimum absolute atomic E-state index is 0.0660. The molecule has 0 saturated carbocycles. The molecule has 1 amide bonds. The van der Waals surface area contributed by atoms with Crippen LogP contribution in [0.5, 0.6) is 5.88 Å². The Labute approximate surface area is 126 Å². The molecular formula is C16H25N3O2. The van der Waals surface area contributed by atoms with Crippen LogP contribution in [0.2, 0.25) is 0 Å². The topological polar surface area (TPSA) is 63.2 Å². The maximum atomic E-state index is 12.2. The van der Waals surface area contributed by atoms with Gasteiger partial charge in [0.05, 0.1) is 12.1 Å². The number of hydrogen-bond donors (Lipinski definition) is 2. The van der Waals surface area contributed by atoms with E-state index in [1.807, 2.05) is 26.0 Å². The summed E-state index contributed by atoms with van der Waals surface area (Å²) in [6.07, 6.45) is 6.15. The second-order valence-electron chi connectivity index (χ2n) is 5.71. The number of nitrogens with zero attached hydrogens (tertiary/aromatic N) is 1. The zero-order chi connectivity index (χ0) is 15.1. The summed E-state index contributed by atoms with van der Waals surface area (Å²) in [7, 11) is 0. The standard InChI is InChI=1S/C16H25N3O2/c1-12(2)21-16-13(7-6-10-18-16)11-19-15(20)14-8-4-3-5-9-17-14/h6-7,10,12,14,17H,3-5,8-9,11H2,1-2H3,(H,19,20). The lowest BCUT2D eigenvalue weighted by molar-refractivity contribution is -0.123. The molecule has 116 valence electrons. The third-order valence-corrected chi connectivity index (χ3v) is 3.53. The van der Waals surface area contributed by atoms with Crippen molar-refractivity contribution in [3.05, 3.63) is 23.9 Å². The van der Waals surface area contributed by atoms with Crippen LogP contribution in [0.4, 0.5) is 0 Å². The summed E-state index contributed by atoms with van der Waals surface area (Å²) in [5.74, 6) is 0.665. The summed E-state index contributed by atoms with van der Waals surface area (Å²) >= 11 is 0. The van der Waals surface area contributed by atoms with Gasteiger partial charge in [0.25, 0.3) is 0 Å². The maximum absolute atomic E-state index is 12.2. The molecule has 0 radical (unpaired) electrons. The summed E-state index contributed by atoms with van der Waals surface area (Å²) in [5.41, 5.74) is 0.910.